The molecule has 1 heterocycles. The molecule has 0 bridgehead atoms. The van der Waals surface area contributed by atoms with Crippen LogP contribution in [0, 0.1) is 17.1 Å². The highest BCUT2D eigenvalue weighted by Crippen LogP contribution is 2.35. The molecule has 1 aliphatic rings. The molecule has 1 N–H and O–H groups in total. The Hall–Kier alpha value is -2.09. The Labute approximate surface area is 146 Å². The molecule has 0 amide bonds. The zero-order valence-electron chi connectivity index (χ0n) is 13.2. The van der Waals surface area contributed by atoms with Crippen molar-refractivity contribution >= 4 is 17.3 Å². The molecule has 3 nitrogen and oxygen atoms in total. The Morgan fingerprint density at radius 2 is 1.88 bits per heavy atom. The number of nitriles is 1. The molecule has 1 saturated heterocycles. The molecule has 0 aliphatic carbocycles. The van der Waals surface area contributed by atoms with E-state index in [2.05, 4.69) is 11.4 Å². The number of rotatable bonds is 4. The molecule has 0 radical (unpaired) electrons. The average Bonchev–Trinajstić information content (AvgIpc) is 2.61. The largest absolute Gasteiger partial charge is 0.384 e. The summed E-state index contributed by atoms with van der Waals surface area (Å²) in [7, 11) is 0. The first-order valence-electron chi connectivity index (χ1n) is 7.90. The van der Waals surface area contributed by atoms with E-state index in [0.29, 0.717) is 30.3 Å². The quantitative estimate of drug-likeness (QED) is 0.887. The van der Waals surface area contributed by atoms with E-state index in [1.165, 1.54) is 12.1 Å². The maximum atomic E-state index is 13.3. The first-order chi connectivity index (χ1) is 11.6. The number of halogens is 2. The summed E-state index contributed by atoms with van der Waals surface area (Å²) >= 11 is 6.10. The van der Waals surface area contributed by atoms with Gasteiger partial charge < -0.3 is 10.1 Å². The van der Waals surface area contributed by atoms with Gasteiger partial charge in [-0.15, -0.1) is 0 Å². The van der Waals surface area contributed by atoms with Gasteiger partial charge in [0.15, 0.2) is 0 Å². The van der Waals surface area contributed by atoms with Crippen molar-refractivity contribution in [3.05, 3.63) is 64.4 Å². The maximum Gasteiger partial charge on any atom is 0.123 e. The van der Waals surface area contributed by atoms with Crippen LogP contribution >= 0.6 is 11.6 Å². The molecule has 124 valence electrons. The van der Waals surface area contributed by atoms with Gasteiger partial charge >= 0.3 is 0 Å². The lowest BCUT2D eigenvalue weighted by Gasteiger charge is -2.38. The van der Waals surface area contributed by atoms with E-state index < -0.39 is 0 Å². The van der Waals surface area contributed by atoms with Gasteiger partial charge in [-0.2, -0.15) is 5.26 Å². The van der Waals surface area contributed by atoms with Crippen LogP contribution in [-0.2, 0) is 10.2 Å². The number of ether oxygens (including phenoxy) is 1. The van der Waals surface area contributed by atoms with Gasteiger partial charge in [0, 0.05) is 30.9 Å². The van der Waals surface area contributed by atoms with Crippen LogP contribution in [0.5, 0.6) is 0 Å². The molecule has 2 aromatic carbocycles. The lowest BCUT2D eigenvalue weighted by atomic mass is 9.74. The number of nitrogens with zero attached hydrogens (tertiary/aromatic N) is 1. The van der Waals surface area contributed by atoms with Gasteiger partial charge in [0.2, 0.25) is 0 Å². The third-order valence-corrected chi connectivity index (χ3v) is 4.94. The maximum absolute atomic E-state index is 13.3. The first kappa shape index (κ1) is 16.8. The van der Waals surface area contributed by atoms with E-state index in [0.717, 1.165) is 24.1 Å². The highest BCUT2D eigenvalue weighted by molar-refractivity contribution is 6.32. The molecular weight excluding hydrogens is 327 g/mol. The van der Waals surface area contributed by atoms with Gasteiger partial charge in [0.25, 0.3) is 0 Å². The number of anilines is 1. The predicted octanol–water partition coefficient (Wildman–Crippen LogP) is 4.51. The fourth-order valence-electron chi connectivity index (χ4n) is 3.12. The third-order valence-electron chi connectivity index (χ3n) is 4.63. The Balaban J connectivity index is 1.81. The van der Waals surface area contributed by atoms with Crippen LogP contribution in [0.4, 0.5) is 10.1 Å². The third kappa shape index (κ3) is 3.53. The molecule has 2 aromatic rings. The van der Waals surface area contributed by atoms with E-state index in [1.807, 2.05) is 18.2 Å². The standard InChI is InChI=1S/C19H18ClFN2O/c20-18-11-17(6-1-14(18)12-22)23-13-19(7-9-24-10-8-19)15-2-4-16(21)5-3-15/h1-6,11,23H,7-10,13H2. The summed E-state index contributed by atoms with van der Waals surface area (Å²) in [6.07, 6.45) is 1.74. The molecule has 0 unspecified atom stereocenters. The van der Waals surface area contributed by atoms with E-state index in [1.54, 1.807) is 12.1 Å². The second-order valence-corrected chi connectivity index (χ2v) is 6.47. The summed E-state index contributed by atoms with van der Waals surface area (Å²) in [6.45, 7) is 2.07. The van der Waals surface area contributed by atoms with Crippen LogP contribution in [-0.4, -0.2) is 19.8 Å². The van der Waals surface area contributed by atoms with Gasteiger partial charge in [-0.05, 0) is 48.7 Å². The summed E-state index contributed by atoms with van der Waals surface area (Å²) in [5.41, 5.74) is 2.33. The zero-order valence-corrected chi connectivity index (χ0v) is 13.9. The van der Waals surface area contributed by atoms with Crippen molar-refractivity contribution < 1.29 is 9.13 Å². The molecule has 0 atom stereocenters. The molecular formula is C19H18ClFN2O. The van der Waals surface area contributed by atoms with Crippen LogP contribution in [0.2, 0.25) is 5.02 Å². The van der Waals surface area contributed by atoms with Crippen LogP contribution in [0.25, 0.3) is 0 Å². The minimum Gasteiger partial charge on any atom is -0.384 e. The van der Waals surface area contributed by atoms with Gasteiger partial charge in [0.1, 0.15) is 11.9 Å². The first-order valence-corrected chi connectivity index (χ1v) is 8.28. The summed E-state index contributed by atoms with van der Waals surface area (Å²) in [6, 6.07) is 14.1. The Bertz CT molecular complexity index is 749. The summed E-state index contributed by atoms with van der Waals surface area (Å²) in [5.74, 6) is -0.229. The molecule has 0 spiro atoms. The van der Waals surface area contributed by atoms with E-state index in [-0.39, 0.29) is 11.2 Å². The number of benzene rings is 2. The van der Waals surface area contributed by atoms with Crippen LogP contribution in [0.15, 0.2) is 42.5 Å². The highest BCUT2D eigenvalue weighted by atomic mass is 35.5. The van der Waals surface area contributed by atoms with Crippen molar-refractivity contribution in [1.29, 1.82) is 5.26 Å². The SMILES string of the molecule is N#Cc1ccc(NCC2(c3ccc(F)cc3)CCOCC2)cc1Cl. The molecule has 24 heavy (non-hydrogen) atoms. The summed E-state index contributed by atoms with van der Waals surface area (Å²) < 4.78 is 18.8. The fraction of sp³-hybridized carbons (Fsp3) is 0.316. The van der Waals surface area contributed by atoms with Crippen molar-refractivity contribution in [3.8, 4) is 6.07 Å². The number of hydrogen-bond acceptors (Lipinski definition) is 3. The van der Waals surface area contributed by atoms with Gasteiger partial charge in [-0.25, -0.2) is 4.39 Å². The van der Waals surface area contributed by atoms with Crippen molar-refractivity contribution in [2.24, 2.45) is 0 Å². The topological polar surface area (TPSA) is 45.0 Å². The van der Waals surface area contributed by atoms with Gasteiger partial charge in [0.05, 0.1) is 10.6 Å². The normalized spacial score (nSPS) is 16.4. The molecule has 1 aliphatic heterocycles. The van der Waals surface area contributed by atoms with Crippen molar-refractivity contribution in [2.75, 3.05) is 25.1 Å². The Kier molecular flexibility index (Phi) is 5.03. The smallest absolute Gasteiger partial charge is 0.123 e. The molecule has 1 fully saturated rings. The van der Waals surface area contributed by atoms with E-state index >= 15 is 0 Å². The molecule has 3 rings (SSSR count). The van der Waals surface area contributed by atoms with Gasteiger partial charge in [-0.1, -0.05) is 23.7 Å². The van der Waals surface area contributed by atoms with Crippen molar-refractivity contribution in [1.82, 2.24) is 0 Å². The summed E-state index contributed by atoms with van der Waals surface area (Å²) in [4.78, 5) is 0. The van der Waals surface area contributed by atoms with Crippen molar-refractivity contribution in [2.45, 2.75) is 18.3 Å². The van der Waals surface area contributed by atoms with E-state index in [9.17, 15) is 4.39 Å². The Morgan fingerprint density at radius 1 is 1.17 bits per heavy atom. The van der Waals surface area contributed by atoms with Crippen LogP contribution in [0.3, 0.4) is 0 Å². The van der Waals surface area contributed by atoms with Crippen LogP contribution < -0.4 is 5.32 Å². The minimum atomic E-state index is -0.229. The van der Waals surface area contributed by atoms with Crippen LogP contribution in [0.1, 0.15) is 24.0 Å². The summed E-state index contributed by atoms with van der Waals surface area (Å²) in [5, 5.41) is 12.8. The zero-order chi connectivity index (χ0) is 17.0. The average molecular weight is 345 g/mol. The minimum absolute atomic E-state index is 0.105. The number of hydrogen-bond donors (Lipinski definition) is 1. The monoisotopic (exact) mass is 344 g/mol. The lowest BCUT2D eigenvalue weighted by molar-refractivity contribution is 0.0544. The lowest BCUT2D eigenvalue weighted by Crippen LogP contribution is -2.40. The second-order valence-electron chi connectivity index (χ2n) is 6.06. The highest BCUT2D eigenvalue weighted by Gasteiger charge is 2.34. The van der Waals surface area contributed by atoms with Crippen molar-refractivity contribution in [3.63, 3.8) is 0 Å². The molecule has 0 aromatic heterocycles. The molecule has 0 saturated carbocycles. The van der Waals surface area contributed by atoms with Gasteiger partial charge in [-0.3, -0.25) is 0 Å². The second kappa shape index (κ2) is 7.21. The number of nitrogens with one attached hydrogen (secondary N) is 1. The predicted molar refractivity (Wildman–Crippen MR) is 92.8 cm³/mol. The molecule has 5 heteroatoms. The Morgan fingerprint density at radius 3 is 2.50 bits per heavy atom. The fourth-order valence-corrected chi connectivity index (χ4v) is 3.34. The van der Waals surface area contributed by atoms with E-state index in [4.69, 9.17) is 21.6 Å².